The number of aromatic nitrogens is 1. The minimum Gasteiger partial charge on any atom is -0.388 e. The predicted molar refractivity (Wildman–Crippen MR) is 81.9 cm³/mol. The highest BCUT2D eigenvalue weighted by Crippen LogP contribution is 2.33. The normalized spacial score (nSPS) is 16.8. The Morgan fingerprint density at radius 2 is 2.00 bits per heavy atom. The minimum absolute atomic E-state index is 0.843. The van der Waals surface area contributed by atoms with Crippen molar-refractivity contribution in [3.8, 4) is 0 Å². The first-order valence-corrected chi connectivity index (χ1v) is 7.10. The van der Waals surface area contributed by atoms with Crippen molar-refractivity contribution in [1.82, 2.24) is 4.98 Å². The molecule has 3 heteroatoms. The van der Waals surface area contributed by atoms with Crippen LogP contribution in [0.3, 0.4) is 0 Å². The van der Waals surface area contributed by atoms with Gasteiger partial charge in [0, 0.05) is 37.4 Å². The van der Waals surface area contributed by atoms with E-state index in [0.29, 0.717) is 0 Å². The molecule has 0 saturated carbocycles. The summed E-state index contributed by atoms with van der Waals surface area (Å²) in [5, 5.41) is 5.80. The van der Waals surface area contributed by atoms with E-state index in [4.69, 9.17) is 0 Å². The molecular formula is C16H21N3. The van der Waals surface area contributed by atoms with Gasteiger partial charge in [0.15, 0.2) is 0 Å². The molecule has 1 aromatic carbocycles. The minimum atomic E-state index is 0.843. The van der Waals surface area contributed by atoms with Gasteiger partial charge in [-0.1, -0.05) is 19.1 Å². The Labute approximate surface area is 114 Å². The number of nitrogens with zero attached hydrogens (tertiary/aromatic N) is 2. The fraction of sp³-hybridized carbons (Fsp3) is 0.438. The molecule has 1 aliphatic rings. The van der Waals surface area contributed by atoms with Crippen LogP contribution in [0.1, 0.15) is 19.8 Å². The van der Waals surface area contributed by atoms with Crippen molar-refractivity contribution in [2.45, 2.75) is 19.8 Å². The fourth-order valence-corrected chi connectivity index (χ4v) is 2.88. The largest absolute Gasteiger partial charge is 0.388 e. The summed E-state index contributed by atoms with van der Waals surface area (Å²) in [6, 6.07) is 8.47. The SMILES string of the molecule is CNc1cccc2ccnc(N3CCC(C)CC3)c12. The zero-order valence-electron chi connectivity index (χ0n) is 11.7. The summed E-state index contributed by atoms with van der Waals surface area (Å²) in [5.41, 5.74) is 1.17. The average Bonchev–Trinajstić information content (AvgIpc) is 2.47. The predicted octanol–water partition coefficient (Wildman–Crippen LogP) is 3.51. The first-order valence-electron chi connectivity index (χ1n) is 7.10. The van der Waals surface area contributed by atoms with Crippen LogP contribution < -0.4 is 10.2 Å². The summed E-state index contributed by atoms with van der Waals surface area (Å²) in [5.74, 6) is 1.98. The van der Waals surface area contributed by atoms with E-state index in [9.17, 15) is 0 Å². The quantitative estimate of drug-likeness (QED) is 0.890. The Balaban J connectivity index is 2.07. The number of rotatable bonds is 2. The molecule has 2 heterocycles. The van der Waals surface area contributed by atoms with E-state index in [1.54, 1.807) is 0 Å². The van der Waals surface area contributed by atoms with E-state index in [1.165, 1.54) is 29.3 Å². The van der Waals surface area contributed by atoms with Crippen LogP contribution in [0.5, 0.6) is 0 Å². The molecule has 100 valence electrons. The molecule has 1 fully saturated rings. The van der Waals surface area contributed by atoms with Crippen molar-refractivity contribution in [3.63, 3.8) is 0 Å². The fourth-order valence-electron chi connectivity index (χ4n) is 2.88. The zero-order chi connectivity index (χ0) is 13.2. The van der Waals surface area contributed by atoms with Crippen LogP contribution >= 0.6 is 0 Å². The number of anilines is 2. The molecule has 3 rings (SSSR count). The number of piperidine rings is 1. The molecule has 1 saturated heterocycles. The monoisotopic (exact) mass is 255 g/mol. The number of benzene rings is 1. The van der Waals surface area contributed by atoms with Gasteiger partial charge in [-0.25, -0.2) is 4.98 Å². The van der Waals surface area contributed by atoms with E-state index in [1.807, 2.05) is 13.2 Å². The van der Waals surface area contributed by atoms with Gasteiger partial charge in [0.2, 0.25) is 0 Å². The molecule has 0 aliphatic carbocycles. The van der Waals surface area contributed by atoms with E-state index < -0.39 is 0 Å². The molecule has 0 amide bonds. The third kappa shape index (κ3) is 2.25. The topological polar surface area (TPSA) is 28.2 Å². The van der Waals surface area contributed by atoms with E-state index >= 15 is 0 Å². The standard InChI is InChI=1S/C16H21N3/c1-12-7-10-19(11-8-12)16-15-13(6-9-18-16)4-3-5-14(15)17-2/h3-6,9,12,17H,7-8,10-11H2,1-2H3. The third-order valence-electron chi connectivity index (χ3n) is 4.12. The first-order chi connectivity index (χ1) is 9.29. The van der Waals surface area contributed by atoms with Crippen LogP contribution in [-0.4, -0.2) is 25.1 Å². The van der Waals surface area contributed by atoms with Crippen molar-refractivity contribution in [3.05, 3.63) is 30.5 Å². The van der Waals surface area contributed by atoms with Gasteiger partial charge in [0.1, 0.15) is 5.82 Å². The Morgan fingerprint density at radius 3 is 2.74 bits per heavy atom. The number of nitrogens with one attached hydrogen (secondary N) is 1. The Morgan fingerprint density at radius 1 is 1.21 bits per heavy atom. The molecular weight excluding hydrogens is 234 g/mol. The maximum Gasteiger partial charge on any atom is 0.138 e. The highest BCUT2D eigenvalue weighted by molar-refractivity contribution is 6.01. The Kier molecular flexibility index (Phi) is 3.28. The van der Waals surface area contributed by atoms with Crippen molar-refractivity contribution in [2.24, 2.45) is 5.92 Å². The highest BCUT2D eigenvalue weighted by Gasteiger charge is 2.19. The zero-order valence-corrected chi connectivity index (χ0v) is 11.7. The van der Waals surface area contributed by atoms with Gasteiger partial charge >= 0.3 is 0 Å². The molecule has 0 atom stereocenters. The summed E-state index contributed by atoms with van der Waals surface area (Å²) in [7, 11) is 1.98. The van der Waals surface area contributed by atoms with Crippen molar-refractivity contribution in [1.29, 1.82) is 0 Å². The number of hydrogen-bond acceptors (Lipinski definition) is 3. The van der Waals surface area contributed by atoms with Crippen molar-refractivity contribution >= 4 is 22.3 Å². The summed E-state index contributed by atoms with van der Waals surface area (Å²) in [6.45, 7) is 4.57. The van der Waals surface area contributed by atoms with Crippen molar-refractivity contribution < 1.29 is 0 Å². The molecule has 1 aromatic heterocycles. The van der Waals surface area contributed by atoms with E-state index in [-0.39, 0.29) is 0 Å². The molecule has 0 radical (unpaired) electrons. The smallest absolute Gasteiger partial charge is 0.138 e. The summed E-state index contributed by atoms with van der Waals surface area (Å²) >= 11 is 0. The average molecular weight is 255 g/mol. The summed E-state index contributed by atoms with van der Waals surface area (Å²) in [4.78, 5) is 7.08. The maximum atomic E-state index is 4.65. The molecule has 0 spiro atoms. The lowest BCUT2D eigenvalue weighted by Gasteiger charge is -2.32. The van der Waals surface area contributed by atoms with Gasteiger partial charge in [0.05, 0.1) is 0 Å². The molecule has 1 aliphatic heterocycles. The number of fused-ring (bicyclic) bond motifs is 1. The third-order valence-corrected chi connectivity index (χ3v) is 4.12. The van der Waals surface area contributed by atoms with Crippen LogP contribution in [0.4, 0.5) is 11.5 Å². The molecule has 0 unspecified atom stereocenters. The van der Waals surface area contributed by atoms with Crippen LogP contribution in [0.2, 0.25) is 0 Å². The van der Waals surface area contributed by atoms with Gasteiger partial charge in [-0.2, -0.15) is 0 Å². The number of pyridine rings is 1. The Hall–Kier alpha value is -1.77. The van der Waals surface area contributed by atoms with E-state index in [2.05, 4.69) is 46.4 Å². The van der Waals surface area contributed by atoms with Gasteiger partial charge in [-0.15, -0.1) is 0 Å². The molecule has 0 bridgehead atoms. The van der Waals surface area contributed by atoms with Crippen LogP contribution in [0, 0.1) is 5.92 Å². The second-order valence-corrected chi connectivity index (χ2v) is 5.46. The van der Waals surface area contributed by atoms with Crippen molar-refractivity contribution in [2.75, 3.05) is 30.4 Å². The maximum absolute atomic E-state index is 4.65. The van der Waals surface area contributed by atoms with Gasteiger partial charge in [-0.3, -0.25) is 0 Å². The second-order valence-electron chi connectivity index (χ2n) is 5.46. The van der Waals surface area contributed by atoms with Gasteiger partial charge < -0.3 is 10.2 Å². The highest BCUT2D eigenvalue weighted by atomic mass is 15.2. The first kappa shape index (κ1) is 12.3. The second kappa shape index (κ2) is 5.08. The van der Waals surface area contributed by atoms with Crippen LogP contribution in [-0.2, 0) is 0 Å². The lowest BCUT2D eigenvalue weighted by atomic mass is 9.98. The summed E-state index contributed by atoms with van der Waals surface area (Å²) in [6.07, 6.45) is 4.45. The summed E-state index contributed by atoms with van der Waals surface area (Å²) < 4.78 is 0. The lowest BCUT2D eigenvalue weighted by molar-refractivity contribution is 0.437. The molecule has 1 N–H and O–H groups in total. The van der Waals surface area contributed by atoms with Gasteiger partial charge in [-0.05, 0) is 36.3 Å². The van der Waals surface area contributed by atoms with E-state index in [0.717, 1.165) is 24.8 Å². The molecule has 2 aromatic rings. The lowest BCUT2D eigenvalue weighted by Crippen LogP contribution is -2.33. The van der Waals surface area contributed by atoms with Crippen LogP contribution in [0.15, 0.2) is 30.5 Å². The molecule has 3 nitrogen and oxygen atoms in total. The number of hydrogen-bond donors (Lipinski definition) is 1. The van der Waals surface area contributed by atoms with Crippen LogP contribution in [0.25, 0.3) is 10.8 Å². The Bertz CT molecular complexity index is 566. The van der Waals surface area contributed by atoms with Gasteiger partial charge in [0.25, 0.3) is 0 Å². The molecule has 19 heavy (non-hydrogen) atoms.